The van der Waals surface area contributed by atoms with Crippen LogP contribution >= 0.6 is 0 Å². The van der Waals surface area contributed by atoms with Crippen LogP contribution in [0.5, 0.6) is 0 Å². The van der Waals surface area contributed by atoms with Gasteiger partial charge >= 0.3 is 0 Å². The number of rotatable bonds is 6. The summed E-state index contributed by atoms with van der Waals surface area (Å²) in [5.74, 6) is 0. The molecule has 302 valence electrons. The molecule has 0 atom stereocenters. The number of hydrogen-bond donors (Lipinski definition) is 0. The lowest BCUT2D eigenvalue weighted by atomic mass is 9.96. The molecular weight excluding hydrogens is 791 g/mol. The van der Waals surface area contributed by atoms with E-state index >= 15 is 0 Å². The summed E-state index contributed by atoms with van der Waals surface area (Å²) in [7, 11) is 0. The van der Waals surface area contributed by atoms with E-state index in [1.54, 1.807) is 0 Å². The van der Waals surface area contributed by atoms with Crippen molar-refractivity contribution in [3.8, 4) is 33.6 Å². The topological polar surface area (TPSA) is 54.8 Å². The molecule has 2 aromatic heterocycles. The summed E-state index contributed by atoms with van der Waals surface area (Å²) in [6.07, 6.45) is 0. The van der Waals surface area contributed by atoms with Crippen LogP contribution < -0.4 is 4.90 Å². The van der Waals surface area contributed by atoms with E-state index in [4.69, 9.17) is 20.4 Å². The summed E-state index contributed by atoms with van der Waals surface area (Å²) in [6, 6.07) is 80.1. The molecule has 0 spiro atoms. The zero-order chi connectivity index (χ0) is 42.8. The fraction of sp³-hybridized carbons (Fsp3) is 0. The Kier molecular flexibility index (Phi) is 8.46. The van der Waals surface area contributed by atoms with Crippen LogP contribution in [-0.4, -0.2) is 20.4 Å². The molecule has 11 aromatic carbocycles. The Bertz CT molecular complexity index is 3850. The van der Waals surface area contributed by atoms with Gasteiger partial charge in [0.15, 0.2) is 0 Å². The Labute approximate surface area is 374 Å². The van der Waals surface area contributed by atoms with Gasteiger partial charge in [0, 0.05) is 49.7 Å². The quantitative estimate of drug-likeness (QED) is 0.156. The SMILES string of the molecule is c1ccc2cc(-c3ccc4c(ccc5cc(N(c6ccc(-c7cc8ccc9ccccc9c8nn7)cc6)c6ccc(-c7cc8ccc9ccccc9c8nn7)cc6)ccc54)c3)ccc2c1. The molecule has 65 heavy (non-hydrogen) atoms. The number of hydrogen-bond acceptors (Lipinski definition) is 5. The predicted octanol–water partition coefficient (Wildman–Crippen LogP) is 15.8. The first-order valence-corrected chi connectivity index (χ1v) is 21.9. The van der Waals surface area contributed by atoms with Crippen molar-refractivity contribution in [3.63, 3.8) is 0 Å². The molecule has 0 aliphatic heterocycles. The van der Waals surface area contributed by atoms with Gasteiger partial charge < -0.3 is 4.90 Å². The third-order valence-electron chi connectivity index (χ3n) is 13.0. The van der Waals surface area contributed by atoms with E-state index in [-0.39, 0.29) is 0 Å². The van der Waals surface area contributed by atoms with Gasteiger partial charge in [0.2, 0.25) is 0 Å². The lowest BCUT2D eigenvalue weighted by molar-refractivity contribution is 1.09. The molecule has 0 saturated carbocycles. The molecule has 0 N–H and O–H groups in total. The van der Waals surface area contributed by atoms with Crippen molar-refractivity contribution in [1.82, 2.24) is 20.4 Å². The normalized spacial score (nSPS) is 11.7. The van der Waals surface area contributed by atoms with Gasteiger partial charge in [-0.3, -0.25) is 0 Å². The second-order valence-corrected chi connectivity index (χ2v) is 16.8. The maximum absolute atomic E-state index is 4.71. The second-order valence-electron chi connectivity index (χ2n) is 16.8. The van der Waals surface area contributed by atoms with Gasteiger partial charge in [0.05, 0.1) is 11.4 Å². The van der Waals surface area contributed by atoms with Crippen molar-refractivity contribution in [2.75, 3.05) is 4.90 Å². The highest BCUT2D eigenvalue weighted by molar-refractivity contribution is 6.10. The van der Waals surface area contributed by atoms with Crippen LogP contribution in [0.2, 0.25) is 0 Å². The van der Waals surface area contributed by atoms with E-state index in [1.165, 1.54) is 43.4 Å². The number of fused-ring (bicyclic) bond motifs is 10. The van der Waals surface area contributed by atoms with Gasteiger partial charge in [0.25, 0.3) is 0 Å². The zero-order valence-corrected chi connectivity index (χ0v) is 35.1. The van der Waals surface area contributed by atoms with Gasteiger partial charge in [-0.25, -0.2) is 0 Å². The Morgan fingerprint density at radius 2 is 0.631 bits per heavy atom. The molecule has 5 nitrogen and oxygen atoms in total. The minimum atomic E-state index is 0.834. The molecule has 0 aliphatic rings. The van der Waals surface area contributed by atoms with Crippen LogP contribution in [0, 0.1) is 0 Å². The Morgan fingerprint density at radius 1 is 0.231 bits per heavy atom. The summed E-state index contributed by atoms with van der Waals surface area (Å²) in [6.45, 7) is 0. The molecule has 0 bridgehead atoms. The van der Waals surface area contributed by atoms with Gasteiger partial charge in [-0.1, -0.05) is 164 Å². The summed E-state index contributed by atoms with van der Waals surface area (Å²) in [5, 5.41) is 32.8. The number of nitrogens with zero attached hydrogens (tertiary/aromatic N) is 5. The van der Waals surface area contributed by atoms with Crippen LogP contribution in [0.15, 0.2) is 224 Å². The second kappa shape index (κ2) is 14.9. The first kappa shape index (κ1) is 36.8. The lowest BCUT2D eigenvalue weighted by Gasteiger charge is -2.26. The molecule has 0 fully saturated rings. The Balaban J connectivity index is 0.882. The summed E-state index contributed by atoms with van der Waals surface area (Å²) >= 11 is 0. The molecule has 0 saturated heterocycles. The molecule has 2 heterocycles. The fourth-order valence-corrected chi connectivity index (χ4v) is 9.60. The molecule has 0 radical (unpaired) electrons. The van der Waals surface area contributed by atoms with E-state index in [0.29, 0.717) is 0 Å². The first-order chi connectivity index (χ1) is 32.2. The molecule has 0 aliphatic carbocycles. The average molecular weight is 828 g/mol. The van der Waals surface area contributed by atoms with E-state index < -0.39 is 0 Å². The Hall–Kier alpha value is -8.80. The van der Waals surface area contributed by atoms with Crippen LogP contribution in [0.25, 0.3) is 109 Å². The van der Waals surface area contributed by atoms with Crippen molar-refractivity contribution in [2.24, 2.45) is 0 Å². The molecule has 0 amide bonds. The summed E-state index contributed by atoms with van der Waals surface area (Å²) < 4.78 is 0. The zero-order valence-electron chi connectivity index (χ0n) is 35.1. The van der Waals surface area contributed by atoms with E-state index in [1.807, 2.05) is 0 Å². The van der Waals surface area contributed by atoms with Gasteiger partial charge in [-0.05, 0) is 115 Å². The molecule has 13 aromatic rings. The van der Waals surface area contributed by atoms with Crippen molar-refractivity contribution in [1.29, 1.82) is 0 Å². The molecule has 13 rings (SSSR count). The Morgan fingerprint density at radius 3 is 1.22 bits per heavy atom. The average Bonchev–Trinajstić information content (AvgIpc) is 3.38. The van der Waals surface area contributed by atoms with Crippen molar-refractivity contribution >= 4 is 92.7 Å². The largest absolute Gasteiger partial charge is 0.310 e. The minimum Gasteiger partial charge on any atom is -0.310 e. The molecule has 0 unspecified atom stereocenters. The predicted molar refractivity (Wildman–Crippen MR) is 271 cm³/mol. The van der Waals surface area contributed by atoms with Gasteiger partial charge in [-0.2, -0.15) is 0 Å². The highest BCUT2D eigenvalue weighted by atomic mass is 15.1. The number of aromatic nitrogens is 4. The third kappa shape index (κ3) is 6.40. The standard InChI is InChI=1S/C60H37N5/c1-2-10-43-33-44(16-13-38(43)7-1)45-25-31-53-46(34-45)17-18-47-35-52(30-32-54(47)53)65(50-26-21-41(22-27-50)57-36-48-19-14-39-8-3-5-11-55(39)59(48)63-61-57)51-28-23-42(24-29-51)58-37-49-20-15-40-9-4-6-12-56(40)60(49)64-62-58/h1-37H. The third-order valence-corrected chi connectivity index (χ3v) is 13.0. The van der Waals surface area contributed by atoms with Crippen LogP contribution in [0.4, 0.5) is 17.1 Å². The van der Waals surface area contributed by atoms with Crippen molar-refractivity contribution in [3.05, 3.63) is 224 Å². The number of anilines is 3. The highest BCUT2D eigenvalue weighted by Crippen LogP contribution is 2.40. The molecular formula is C60H37N5. The summed E-state index contributed by atoms with van der Waals surface area (Å²) in [5.41, 5.74) is 11.0. The molecule has 5 heteroatoms. The van der Waals surface area contributed by atoms with Crippen LogP contribution in [0.1, 0.15) is 0 Å². The van der Waals surface area contributed by atoms with Gasteiger partial charge in [0.1, 0.15) is 11.0 Å². The fourth-order valence-electron chi connectivity index (χ4n) is 9.60. The van der Waals surface area contributed by atoms with E-state index in [2.05, 4.69) is 229 Å². The number of benzene rings is 11. The maximum atomic E-state index is 4.71. The van der Waals surface area contributed by atoms with Crippen molar-refractivity contribution < 1.29 is 0 Å². The van der Waals surface area contributed by atoms with Gasteiger partial charge in [-0.15, -0.1) is 20.4 Å². The first-order valence-electron chi connectivity index (χ1n) is 21.9. The van der Waals surface area contributed by atoms with Crippen LogP contribution in [0.3, 0.4) is 0 Å². The van der Waals surface area contributed by atoms with Crippen LogP contribution in [-0.2, 0) is 0 Å². The smallest absolute Gasteiger partial charge is 0.101 e. The van der Waals surface area contributed by atoms with Crippen molar-refractivity contribution in [2.45, 2.75) is 0 Å². The monoisotopic (exact) mass is 827 g/mol. The lowest BCUT2D eigenvalue weighted by Crippen LogP contribution is -2.10. The summed E-state index contributed by atoms with van der Waals surface area (Å²) in [4.78, 5) is 2.32. The highest BCUT2D eigenvalue weighted by Gasteiger charge is 2.17. The minimum absolute atomic E-state index is 0.834. The van der Waals surface area contributed by atoms with E-state index in [9.17, 15) is 0 Å². The van der Waals surface area contributed by atoms with E-state index in [0.717, 1.165) is 82.9 Å². The maximum Gasteiger partial charge on any atom is 0.101 e.